The molecule has 0 spiro atoms. The number of aldehydes is 1. The van der Waals surface area contributed by atoms with Gasteiger partial charge in [-0.05, 0) is 36.2 Å². The topological polar surface area (TPSA) is 17.1 Å². The molecule has 18 heavy (non-hydrogen) atoms. The van der Waals surface area contributed by atoms with Crippen molar-refractivity contribution < 1.29 is 4.79 Å². The first-order chi connectivity index (χ1) is 8.78. The number of rotatable bonds is 5. The van der Waals surface area contributed by atoms with Crippen molar-refractivity contribution in [3.05, 3.63) is 64.7 Å². The first-order valence-corrected chi connectivity index (χ1v) is 7.07. The summed E-state index contributed by atoms with van der Waals surface area (Å²) in [4.78, 5) is 11.7. The molecule has 0 radical (unpaired) electrons. The predicted octanol–water partition coefficient (Wildman–Crippen LogP) is 4.49. The highest BCUT2D eigenvalue weighted by atomic mass is 35.5. The van der Waals surface area contributed by atoms with Crippen LogP contribution in [-0.4, -0.2) is 12.0 Å². The van der Waals surface area contributed by atoms with Gasteiger partial charge < -0.3 is 0 Å². The maximum Gasteiger partial charge on any atom is 0.150 e. The summed E-state index contributed by atoms with van der Waals surface area (Å²) in [6.07, 6.45) is 1.87. The fourth-order valence-electron chi connectivity index (χ4n) is 1.58. The van der Waals surface area contributed by atoms with E-state index in [2.05, 4.69) is 12.1 Å². The monoisotopic (exact) mass is 276 g/mol. The Balaban J connectivity index is 1.84. The minimum Gasteiger partial charge on any atom is -0.298 e. The number of benzene rings is 2. The van der Waals surface area contributed by atoms with Crippen molar-refractivity contribution in [3.8, 4) is 0 Å². The second kappa shape index (κ2) is 6.62. The van der Waals surface area contributed by atoms with E-state index in [1.54, 1.807) is 11.8 Å². The zero-order chi connectivity index (χ0) is 12.8. The van der Waals surface area contributed by atoms with Gasteiger partial charge in [-0.15, -0.1) is 11.8 Å². The SMILES string of the molecule is O=Cc1ccc(SCCc2ccc(Cl)cc2)cc1. The van der Waals surface area contributed by atoms with E-state index in [-0.39, 0.29) is 0 Å². The quantitative estimate of drug-likeness (QED) is 0.591. The Morgan fingerprint density at radius 3 is 2.28 bits per heavy atom. The van der Waals surface area contributed by atoms with Crippen LogP contribution in [0, 0.1) is 0 Å². The molecule has 92 valence electrons. The summed E-state index contributed by atoms with van der Waals surface area (Å²) >= 11 is 7.63. The molecule has 2 aromatic rings. The summed E-state index contributed by atoms with van der Waals surface area (Å²) < 4.78 is 0. The molecule has 3 heteroatoms. The highest BCUT2D eigenvalue weighted by molar-refractivity contribution is 7.99. The molecular weight excluding hydrogens is 264 g/mol. The van der Waals surface area contributed by atoms with Crippen LogP contribution in [0.25, 0.3) is 0 Å². The number of hydrogen-bond donors (Lipinski definition) is 0. The summed E-state index contributed by atoms with van der Waals surface area (Å²) in [6, 6.07) is 15.6. The van der Waals surface area contributed by atoms with Crippen molar-refractivity contribution >= 4 is 29.6 Å². The molecule has 0 N–H and O–H groups in total. The average molecular weight is 277 g/mol. The summed E-state index contributed by atoms with van der Waals surface area (Å²) in [6.45, 7) is 0. The Labute approximate surface area is 116 Å². The molecule has 0 atom stereocenters. The molecule has 0 aliphatic carbocycles. The van der Waals surface area contributed by atoms with Crippen LogP contribution in [0.1, 0.15) is 15.9 Å². The van der Waals surface area contributed by atoms with E-state index in [1.807, 2.05) is 36.4 Å². The van der Waals surface area contributed by atoms with Crippen molar-refractivity contribution in [2.45, 2.75) is 11.3 Å². The standard InChI is InChI=1S/C15H13ClOS/c16-14-5-1-12(2-6-14)9-10-18-15-7-3-13(11-17)4-8-15/h1-8,11H,9-10H2. The van der Waals surface area contributed by atoms with Crippen LogP contribution in [-0.2, 0) is 6.42 Å². The molecule has 0 aliphatic rings. The summed E-state index contributed by atoms with van der Waals surface area (Å²) in [5.74, 6) is 1.02. The second-order valence-electron chi connectivity index (χ2n) is 3.91. The van der Waals surface area contributed by atoms with Crippen LogP contribution >= 0.6 is 23.4 Å². The van der Waals surface area contributed by atoms with Gasteiger partial charge in [-0.3, -0.25) is 4.79 Å². The van der Waals surface area contributed by atoms with E-state index < -0.39 is 0 Å². The predicted molar refractivity (Wildman–Crippen MR) is 77.7 cm³/mol. The lowest BCUT2D eigenvalue weighted by Gasteiger charge is -2.03. The van der Waals surface area contributed by atoms with Crippen LogP contribution in [0.2, 0.25) is 5.02 Å². The lowest BCUT2D eigenvalue weighted by atomic mass is 10.2. The first-order valence-electron chi connectivity index (χ1n) is 5.70. The molecule has 0 unspecified atom stereocenters. The Morgan fingerprint density at radius 2 is 1.67 bits per heavy atom. The van der Waals surface area contributed by atoms with Gasteiger partial charge in [0.05, 0.1) is 0 Å². The number of hydrogen-bond acceptors (Lipinski definition) is 2. The number of carbonyl (C=O) groups excluding carboxylic acids is 1. The molecule has 0 bridgehead atoms. The van der Waals surface area contributed by atoms with Crippen molar-refractivity contribution in [1.29, 1.82) is 0 Å². The van der Waals surface area contributed by atoms with Gasteiger partial charge in [-0.25, -0.2) is 0 Å². The van der Waals surface area contributed by atoms with Gasteiger partial charge in [0.1, 0.15) is 6.29 Å². The fourth-order valence-corrected chi connectivity index (χ4v) is 2.61. The van der Waals surface area contributed by atoms with Gasteiger partial charge in [0.15, 0.2) is 0 Å². The summed E-state index contributed by atoms with van der Waals surface area (Å²) in [7, 11) is 0. The second-order valence-corrected chi connectivity index (χ2v) is 5.52. The highest BCUT2D eigenvalue weighted by Crippen LogP contribution is 2.20. The summed E-state index contributed by atoms with van der Waals surface area (Å²) in [5, 5.41) is 0.774. The zero-order valence-electron chi connectivity index (χ0n) is 9.80. The van der Waals surface area contributed by atoms with Gasteiger partial charge in [-0.2, -0.15) is 0 Å². The van der Waals surface area contributed by atoms with E-state index >= 15 is 0 Å². The van der Waals surface area contributed by atoms with Crippen molar-refractivity contribution in [2.24, 2.45) is 0 Å². The minimum atomic E-state index is 0.719. The molecule has 1 nitrogen and oxygen atoms in total. The maximum absolute atomic E-state index is 10.5. The van der Waals surface area contributed by atoms with Gasteiger partial charge in [0.2, 0.25) is 0 Å². The normalized spacial score (nSPS) is 10.3. The molecule has 2 rings (SSSR count). The molecule has 0 amide bonds. The minimum absolute atomic E-state index is 0.719. The Hall–Kier alpha value is -1.25. The van der Waals surface area contributed by atoms with Gasteiger partial charge in [0.25, 0.3) is 0 Å². The van der Waals surface area contributed by atoms with Crippen LogP contribution in [0.15, 0.2) is 53.4 Å². The third-order valence-electron chi connectivity index (χ3n) is 2.59. The molecule has 0 heterocycles. The first kappa shape index (κ1) is 13.2. The molecule has 0 saturated carbocycles. The molecule has 0 saturated heterocycles. The van der Waals surface area contributed by atoms with Gasteiger partial charge in [-0.1, -0.05) is 35.9 Å². The Morgan fingerprint density at radius 1 is 1.00 bits per heavy atom. The number of thioether (sulfide) groups is 1. The van der Waals surface area contributed by atoms with E-state index in [9.17, 15) is 4.79 Å². The van der Waals surface area contributed by atoms with Crippen LogP contribution < -0.4 is 0 Å². The van der Waals surface area contributed by atoms with E-state index in [0.29, 0.717) is 0 Å². The van der Waals surface area contributed by atoms with Crippen molar-refractivity contribution in [2.75, 3.05) is 5.75 Å². The van der Waals surface area contributed by atoms with Crippen LogP contribution in [0.4, 0.5) is 0 Å². The number of aryl methyl sites for hydroxylation is 1. The van der Waals surface area contributed by atoms with Crippen molar-refractivity contribution in [1.82, 2.24) is 0 Å². The lowest BCUT2D eigenvalue weighted by Crippen LogP contribution is -1.88. The Kier molecular flexibility index (Phi) is 4.85. The molecule has 0 fully saturated rings. The zero-order valence-corrected chi connectivity index (χ0v) is 11.4. The third kappa shape index (κ3) is 3.90. The lowest BCUT2D eigenvalue weighted by molar-refractivity contribution is 0.112. The van der Waals surface area contributed by atoms with Crippen LogP contribution in [0.5, 0.6) is 0 Å². The molecular formula is C15H13ClOS. The van der Waals surface area contributed by atoms with E-state index in [4.69, 9.17) is 11.6 Å². The van der Waals surface area contributed by atoms with Gasteiger partial charge in [0, 0.05) is 21.2 Å². The van der Waals surface area contributed by atoms with E-state index in [1.165, 1.54) is 10.5 Å². The molecule has 0 aliphatic heterocycles. The van der Waals surface area contributed by atoms with Crippen molar-refractivity contribution in [3.63, 3.8) is 0 Å². The number of carbonyl (C=O) groups is 1. The third-order valence-corrected chi connectivity index (χ3v) is 3.85. The summed E-state index contributed by atoms with van der Waals surface area (Å²) in [5.41, 5.74) is 2.01. The van der Waals surface area contributed by atoms with Gasteiger partial charge >= 0.3 is 0 Å². The Bertz CT molecular complexity index is 505. The molecule has 2 aromatic carbocycles. The fraction of sp³-hybridized carbons (Fsp3) is 0.133. The largest absolute Gasteiger partial charge is 0.298 e. The smallest absolute Gasteiger partial charge is 0.150 e. The van der Waals surface area contributed by atoms with Crippen LogP contribution in [0.3, 0.4) is 0 Å². The average Bonchev–Trinajstić information content (AvgIpc) is 2.42. The van der Waals surface area contributed by atoms with E-state index in [0.717, 1.165) is 29.0 Å². The number of halogens is 1. The highest BCUT2D eigenvalue weighted by Gasteiger charge is 1.97. The maximum atomic E-state index is 10.5. The molecule has 0 aromatic heterocycles.